The van der Waals surface area contributed by atoms with Crippen LogP contribution in [0.15, 0.2) is 0 Å². The molecule has 0 aromatic rings. The van der Waals surface area contributed by atoms with Crippen LogP contribution < -0.4 is 0 Å². The summed E-state index contributed by atoms with van der Waals surface area (Å²) in [6.07, 6.45) is 4.02. The Balaban J connectivity index is 2.05. The van der Waals surface area contributed by atoms with Crippen molar-refractivity contribution in [1.29, 1.82) is 0 Å². The van der Waals surface area contributed by atoms with E-state index >= 15 is 0 Å². The molecule has 19 heavy (non-hydrogen) atoms. The molecule has 2 aliphatic carbocycles. The summed E-state index contributed by atoms with van der Waals surface area (Å²) in [5.41, 5.74) is 0.105. The van der Waals surface area contributed by atoms with Crippen molar-refractivity contribution in [3.05, 3.63) is 0 Å². The summed E-state index contributed by atoms with van der Waals surface area (Å²) in [6, 6.07) is 0. The van der Waals surface area contributed by atoms with Gasteiger partial charge in [0, 0.05) is 11.8 Å². The zero-order valence-corrected chi connectivity index (χ0v) is 13.0. The van der Waals surface area contributed by atoms with E-state index in [1.807, 2.05) is 6.92 Å². The van der Waals surface area contributed by atoms with Crippen molar-refractivity contribution < 1.29 is 19.0 Å². The maximum atomic E-state index is 13.0. The molecule has 0 aromatic carbocycles. The van der Waals surface area contributed by atoms with Gasteiger partial charge in [-0.25, -0.2) is 0 Å². The van der Waals surface area contributed by atoms with Gasteiger partial charge in [-0.3, -0.25) is 9.36 Å². The van der Waals surface area contributed by atoms with Crippen molar-refractivity contribution in [2.24, 2.45) is 17.3 Å². The molecule has 3 atom stereocenters. The number of carboxylic acids is 1. The number of hydrogen-bond donors (Lipinski definition) is 1. The van der Waals surface area contributed by atoms with E-state index in [0.717, 1.165) is 19.3 Å². The van der Waals surface area contributed by atoms with Crippen LogP contribution >= 0.6 is 7.37 Å². The fraction of sp³-hybridized carbons (Fsp3) is 0.929. The highest BCUT2D eigenvalue weighted by atomic mass is 31.2. The number of aliphatic carboxylic acids is 1. The third kappa shape index (κ3) is 3.61. The van der Waals surface area contributed by atoms with Crippen LogP contribution in [0.3, 0.4) is 0 Å². The predicted octanol–water partition coefficient (Wildman–Crippen LogP) is 3.60. The van der Waals surface area contributed by atoms with E-state index in [2.05, 4.69) is 13.8 Å². The Hall–Kier alpha value is -0.340. The summed E-state index contributed by atoms with van der Waals surface area (Å²) in [6.45, 7) is 6.40. The smallest absolute Gasteiger partial charge is 0.307 e. The molecule has 0 bridgehead atoms. The maximum absolute atomic E-state index is 13.0. The van der Waals surface area contributed by atoms with Gasteiger partial charge in [0.1, 0.15) is 0 Å². The molecule has 0 saturated heterocycles. The maximum Gasteiger partial charge on any atom is 0.307 e. The van der Waals surface area contributed by atoms with Gasteiger partial charge in [-0.2, -0.15) is 0 Å². The molecule has 2 aliphatic rings. The Morgan fingerprint density at radius 1 is 1.47 bits per heavy atom. The van der Waals surface area contributed by atoms with Gasteiger partial charge < -0.3 is 9.63 Å². The summed E-state index contributed by atoms with van der Waals surface area (Å²) < 4.78 is 18.6. The van der Waals surface area contributed by atoms with Crippen LogP contribution in [0.2, 0.25) is 0 Å². The second-order valence-electron chi connectivity index (χ2n) is 6.75. The topological polar surface area (TPSA) is 63.6 Å². The molecular weight excluding hydrogens is 263 g/mol. The van der Waals surface area contributed by atoms with E-state index < -0.39 is 19.3 Å². The molecule has 2 rings (SSSR count). The Labute approximate surface area is 115 Å². The molecular formula is C14H25O4P. The fourth-order valence-corrected chi connectivity index (χ4v) is 6.63. The number of hydrogen-bond acceptors (Lipinski definition) is 3. The van der Waals surface area contributed by atoms with Gasteiger partial charge in [0.25, 0.3) is 0 Å². The fourth-order valence-electron chi connectivity index (χ4n) is 2.92. The van der Waals surface area contributed by atoms with E-state index in [1.54, 1.807) is 0 Å². The molecule has 0 radical (unpaired) electrons. The second-order valence-corrected chi connectivity index (χ2v) is 9.45. The van der Waals surface area contributed by atoms with Crippen molar-refractivity contribution in [3.63, 3.8) is 0 Å². The molecule has 2 saturated carbocycles. The lowest BCUT2D eigenvalue weighted by Gasteiger charge is -2.23. The molecule has 0 amide bonds. The van der Waals surface area contributed by atoms with Crippen LogP contribution in [-0.2, 0) is 13.9 Å². The van der Waals surface area contributed by atoms with Gasteiger partial charge in [0.05, 0.1) is 12.5 Å². The van der Waals surface area contributed by atoms with Crippen molar-refractivity contribution in [1.82, 2.24) is 0 Å². The third-order valence-corrected chi connectivity index (χ3v) is 7.90. The molecule has 5 heteroatoms. The lowest BCUT2D eigenvalue weighted by Crippen LogP contribution is -2.21. The molecule has 2 fully saturated rings. The number of rotatable bonds is 8. The summed E-state index contributed by atoms with van der Waals surface area (Å²) >= 11 is 0. The molecule has 1 N–H and O–H groups in total. The minimum Gasteiger partial charge on any atom is -0.481 e. The van der Waals surface area contributed by atoms with Crippen LogP contribution in [0.5, 0.6) is 0 Å². The largest absolute Gasteiger partial charge is 0.481 e. The van der Waals surface area contributed by atoms with Crippen molar-refractivity contribution in [3.8, 4) is 0 Å². The molecule has 3 unspecified atom stereocenters. The van der Waals surface area contributed by atoms with E-state index in [-0.39, 0.29) is 17.2 Å². The Kier molecular flexibility index (Phi) is 4.13. The first-order chi connectivity index (χ1) is 8.78. The first kappa shape index (κ1) is 15.1. The molecule has 0 heterocycles. The molecule has 4 nitrogen and oxygen atoms in total. The van der Waals surface area contributed by atoms with E-state index in [4.69, 9.17) is 4.52 Å². The predicted molar refractivity (Wildman–Crippen MR) is 74.8 cm³/mol. The molecule has 0 spiro atoms. The SMILES string of the molecule is CCOP(=O)(CC(CC1CC1)C(=O)O)C1CC1(C)C. The summed E-state index contributed by atoms with van der Waals surface area (Å²) in [7, 11) is -2.82. The highest BCUT2D eigenvalue weighted by molar-refractivity contribution is 7.60. The van der Waals surface area contributed by atoms with Crippen LogP contribution in [0.25, 0.3) is 0 Å². The third-order valence-electron chi connectivity index (χ3n) is 4.42. The van der Waals surface area contributed by atoms with Crippen LogP contribution in [-0.4, -0.2) is 29.5 Å². The van der Waals surface area contributed by atoms with Crippen LogP contribution in [0, 0.1) is 17.3 Å². The second kappa shape index (κ2) is 5.21. The minimum atomic E-state index is -2.82. The molecule has 110 valence electrons. The first-order valence-corrected chi connectivity index (χ1v) is 9.12. The quantitative estimate of drug-likeness (QED) is 0.693. The zero-order valence-electron chi connectivity index (χ0n) is 12.1. The lowest BCUT2D eigenvalue weighted by atomic mass is 10.1. The van der Waals surface area contributed by atoms with E-state index in [9.17, 15) is 14.5 Å². The van der Waals surface area contributed by atoms with Gasteiger partial charge in [-0.05, 0) is 31.1 Å². The van der Waals surface area contributed by atoms with Crippen molar-refractivity contribution in [2.45, 2.75) is 52.1 Å². The Morgan fingerprint density at radius 2 is 2.05 bits per heavy atom. The van der Waals surface area contributed by atoms with Gasteiger partial charge >= 0.3 is 5.97 Å². The first-order valence-electron chi connectivity index (χ1n) is 7.24. The van der Waals surface area contributed by atoms with E-state index in [1.165, 1.54) is 0 Å². The summed E-state index contributed by atoms with van der Waals surface area (Å²) in [5.74, 6) is -0.782. The normalized spacial score (nSPS) is 29.5. The Morgan fingerprint density at radius 3 is 2.42 bits per heavy atom. The lowest BCUT2D eigenvalue weighted by molar-refractivity contribution is -0.141. The van der Waals surface area contributed by atoms with Gasteiger partial charge in [0.2, 0.25) is 7.37 Å². The number of carboxylic acid groups (broad SMARTS) is 1. The van der Waals surface area contributed by atoms with Gasteiger partial charge in [0.15, 0.2) is 0 Å². The summed E-state index contributed by atoms with van der Waals surface area (Å²) in [5, 5.41) is 9.34. The van der Waals surface area contributed by atoms with E-state index in [0.29, 0.717) is 18.9 Å². The number of carbonyl (C=O) groups is 1. The van der Waals surface area contributed by atoms with Gasteiger partial charge in [-0.15, -0.1) is 0 Å². The average Bonchev–Trinajstić information content (AvgIpc) is 3.17. The summed E-state index contributed by atoms with van der Waals surface area (Å²) in [4.78, 5) is 11.4. The Bertz CT molecular complexity index is 400. The van der Waals surface area contributed by atoms with Crippen LogP contribution in [0.4, 0.5) is 0 Å². The average molecular weight is 288 g/mol. The monoisotopic (exact) mass is 288 g/mol. The highest BCUT2D eigenvalue weighted by Crippen LogP contribution is 2.70. The molecule has 0 aliphatic heterocycles. The standard InChI is InChI=1S/C14H25O4P/c1-4-18-19(17,12-8-14(12,2)3)9-11(13(15)16)7-10-5-6-10/h10-12H,4-9H2,1-3H3,(H,15,16). The van der Waals surface area contributed by atoms with Gasteiger partial charge in [-0.1, -0.05) is 26.7 Å². The highest BCUT2D eigenvalue weighted by Gasteiger charge is 2.58. The van der Waals surface area contributed by atoms with Crippen molar-refractivity contribution >= 4 is 13.3 Å². The minimum absolute atomic E-state index is 0.0489. The van der Waals surface area contributed by atoms with Crippen LogP contribution in [0.1, 0.15) is 46.5 Å². The zero-order chi connectivity index (χ0) is 14.3. The van der Waals surface area contributed by atoms with Crippen molar-refractivity contribution in [2.75, 3.05) is 12.8 Å². The molecule has 0 aromatic heterocycles.